The quantitative estimate of drug-likeness (QED) is 0.664. The highest BCUT2D eigenvalue weighted by atomic mass is 32.1. The van der Waals surface area contributed by atoms with E-state index in [4.69, 9.17) is 5.84 Å². The Kier molecular flexibility index (Phi) is 3.64. The Labute approximate surface area is 117 Å². The average Bonchev–Trinajstić information content (AvgIpc) is 2.77. The van der Waals surface area contributed by atoms with E-state index in [0.717, 1.165) is 15.8 Å². The summed E-state index contributed by atoms with van der Waals surface area (Å²) in [5.41, 5.74) is 5.56. The first-order valence-electron chi connectivity index (χ1n) is 6.76. The molecule has 1 aliphatic rings. The van der Waals surface area contributed by atoms with E-state index >= 15 is 0 Å². The molecule has 1 fully saturated rings. The monoisotopic (exact) mass is 273 g/mol. The van der Waals surface area contributed by atoms with Gasteiger partial charge in [-0.15, -0.1) is 11.3 Å². The fourth-order valence-electron chi connectivity index (χ4n) is 2.56. The number of nitrogens with zero attached hydrogens (tertiary/aromatic N) is 1. The smallest absolute Gasteiger partial charge is 0.0897 e. The maximum absolute atomic E-state index is 5.71. The molecule has 0 aliphatic heterocycles. The van der Waals surface area contributed by atoms with E-state index in [0.29, 0.717) is 0 Å². The van der Waals surface area contributed by atoms with E-state index in [2.05, 4.69) is 34.7 Å². The summed E-state index contributed by atoms with van der Waals surface area (Å²) in [6, 6.07) is 8.91. The molecular formula is C15H19N3S. The topological polar surface area (TPSA) is 50.9 Å². The van der Waals surface area contributed by atoms with Crippen LogP contribution in [0.15, 0.2) is 30.5 Å². The normalized spacial score (nSPS) is 17.2. The molecule has 100 valence electrons. The van der Waals surface area contributed by atoms with Gasteiger partial charge in [0.1, 0.15) is 0 Å². The van der Waals surface area contributed by atoms with Gasteiger partial charge in [-0.25, -0.2) is 10.4 Å². The Bertz CT molecular complexity index is 543. The minimum Gasteiger partial charge on any atom is -0.271 e. The Morgan fingerprint density at radius 3 is 2.53 bits per heavy atom. The van der Waals surface area contributed by atoms with Gasteiger partial charge in [0.15, 0.2) is 0 Å². The minimum atomic E-state index is 0.0432. The average molecular weight is 273 g/mol. The van der Waals surface area contributed by atoms with Gasteiger partial charge < -0.3 is 0 Å². The van der Waals surface area contributed by atoms with E-state index in [1.807, 2.05) is 13.1 Å². The van der Waals surface area contributed by atoms with Crippen LogP contribution < -0.4 is 11.3 Å². The Morgan fingerprint density at radius 1 is 1.32 bits per heavy atom. The number of thiazole rings is 1. The number of nitrogens with one attached hydrogen (secondary N) is 1. The van der Waals surface area contributed by atoms with Crippen LogP contribution in [-0.4, -0.2) is 4.98 Å². The summed E-state index contributed by atoms with van der Waals surface area (Å²) in [6.07, 6.45) is 5.96. The minimum absolute atomic E-state index is 0.0432. The zero-order valence-electron chi connectivity index (χ0n) is 11.1. The van der Waals surface area contributed by atoms with Gasteiger partial charge >= 0.3 is 0 Å². The SMILES string of the molecule is Cc1ncc(C(NN)c2ccc(C3CCC3)cc2)s1. The fourth-order valence-corrected chi connectivity index (χ4v) is 3.43. The molecule has 3 rings (SSSR count). The molecule has 1 aromatic carbocycles. The lowest BCUT2D eigenvalue weighted by Crippen LogP contribution is -2.28. The van der Waals surface area contributed by atoms with Crippen LogP contribution in [0.25, 0.3) is 0 Å². The van der Waals surface area contributed by atoms with Crippen LogP contribution in [0.4, 0.5) is 0 Å². The lowest BCUT2D eigenvalue weighted by Gasteiger charge is -2.26. The molecule has 0 amide bonds. The van der Waals surface area contributed by atoms with Crippen molar-refractivity contribution in [1.29, 1.82) is 0 Å². The number of hydrogen-bond acceptors (Lipinski definition) is 4. The number of hydrogen-bond donors (Lipinski definition) is 2. The molecule has 0 radical (unpaired) electrons. The van der Waals surface area contributed by atoms with Crippen LogP contribution in [-0.2, 0) is 0 Å². The maximum Gasteiger partial charge on any atom is 0.0897 e. The molecule has 3 N–H and O–H groups in total. The van der Waals surface area contributed by atoms with Gasteiger partial charge in [-0.05, 0) is 36.8 Å². The lowest BCUT2D eigenvalue weighted by atomic mass is 9.80. The molecule has 1 aromatic heterocycles. The van der Waals surface area contributed by atoms with E-state index in [-0.39, 0.29) is 6.04 Å². The summed E-state index contributed by atoms with van der Waals surface area (Å²) < 4.78 is 0. The molecule has 0 spiro atoms. The summed E-state index contributed by atoms with van der Waals surface area (Å²) in [7, 11) is 0. The van der Waals surface area contributed by atoms with Gasteiger partial charge in [-0.1, -0.05) is 30.7 Å². The predicted octanol–water partition coefficient (Wildman–Crippen LogP) is 3.27. The summed E-state index contributed by atoms with van der Waals surface area (Å²) in [5.74, 6) is 6.49. The van der Waals surface area contributed by atoms with Gasteiger partial charge in [0.25, 0.3) is 0 Å². The molecule has 19 heavy (non-hydrogen) atoms. The fraction of sp³-hybridized carbons (Fsp3) is 0.400. The summed E-state index contributed by atoms with van der Waals surface area (Å²) in [5, 5.41) is 1.07. The molecule has 3 nitrogen and oxygen atoms in total. The second-order valence-corrected chi connectivity index (χ2v) is 6.44. The number of nitrogens with two attached hydrogens (primary N) is 1. The lowest BCUT2D eigenvalue weighted by molar-refractivity contribution is 0.419. The third-order valence-electron chi connectivity index (χ3n) is 3.94. The molecule has 4 heteroatoms. The predicted molar refractivity (Wildman–Crippen MR) is 79.1 cm³/mol. The van der Waals surface area contributed by atoms with Crippen molar-refractivity contribution in [3.63, 3.8) is 0 Å². The molecule has 1 saturated carbocycles. The Hall–Kier alpha value is -1.23. The third-order valence-corrected chi connectivity index (χ3v) is 4.91. The van der Waals surface area contributed by atoms with Crippen molar-refractivity contribution < 1.29 is 0 Å². The molecule has 2 aromatic rings. The van der Waals surface area contributed by atoms with Gasteiger partial charge in [0.2, 0.25) is 0 Å². The van der Waals surface area contributed by atoms with Crippen LogP contribution in [0.3, 0.4) is 0 Å². The number of benzene rings is 1. The Balaban J connectivity index is 1.83. The molecule has 0 bridgehead atoms. The van der Waals surface area contributed by atoms with Crippen LogP contribution >= 0.6 is 11.3 Å². The molecule has 1 atom stereocenters. The summed E-state index contributed by atoms with van der Waals surface area (Å²) >= 11 is 1.69. The first-order valence-corrected chi connectivity index (χ1v) is 7.58. The van der Waals surface area contributed by atoms with Crippen molar-refractivity contribution in [1.82, 2.24) is 10.4 Å². The first-order chi connectivity index (χ1) is 9.28. The largest absolute Gasteiger partial charge is 0.271 e. The van der Waals surface area contributed by atoms with Crippen molar-refractivity contribution >= 4 is 11.3 Å². The van der Waals surface area contributed by atoms with Gasteiger partial charge in [-0.3, -0.25) is 5.84 Å². The van der Waals surface area contributed by atoms with E-state index in [1.165, 1.54) is 30.4 Å². The molecule has 1 unspecified atom stereocenters. The number of rotatable bonds is 4. The summed E-state index contributed by atoms with van der Waals surface area (Å²) in [6.45, 7) is 2.02. The zero-order valence-corrected chi connectivity index (χ0v) is 11.9. The second kappa shape index (κ2) is 5.41. The number of aromatic nitrogens is 1. The first kappa shape index (κ1) is 12.8. The third kappa shape index (κ3) is 2.56. The van der Waals surface area contributed by atoms with Crippen LogP contribution in [0.1, 0.15) is 52.2 Å². The molecule has 1 aliphatic carbocycles. The molecular weight excluding hydrogens is 254 g/mol. The van der Waals surface area contributed by atoms with Crippen LogP contribution in [0.5, 0.6) is 0 Å². The van der Waals surface area contributed by atoms with Crippen molar-refractivity contribution in [2.45, 2.75) is 38.1 Å². The van der Waals surface area contributed by atoms with Crippen LogP contribution in [0, 0.1) is 6.92 Å². The highest BCUT2D eigenvalue weighted by Crippen LogP contribution is 2.37. The van der Waals surface area contributed by atoms with E-state index < -0.39 is 0 Å². The van der Waals surface area contributed by atoms with Crippen molar-refractivity contribution in [2.75, 3.05) is 0 Å². The zero-order chi connectivity index (χ0) is 13.2. The summed E-state index contributed by atoms with van der Waals surface area (Å²) in [4.78, 5) is 5.47. The highest BCUT2D eigenvalue weighted by Gasteiger charge is 2.20. The van der Waals surface area contributed by atoms with Crippen molar-refractivity contribution in [3.05, 3.63) is 51.5 Å². The van der Waals surface area contributed by atoms with Crippen LogP contribution in [0.2, 0.25) is 0 Å². The number of aryl methyl sites for hydroxylation is 1. The van der Waals surface area contributed by atoms with Crippen molar-refractivity contribution in [3.8, 4) is 0 Å². The van der Waals surface area contributed by atoms with Crippen molar-refractivity contribution in [2.24, 2.45) is 5.84 Å². The highest BCUT2D eigenvalue weighted by molar-refractivity contribution is 7.11. The standard InChI is InChI=1S/C15H19N3S/c1-10-17-9-14(19-10)15(18-16)13-7-5-12(6-8-13)11-3-2-4-11/h5-9,11,15,18H,2-4,16H2,1H3. The van der Waals surface area contributed by atoms with E-state index in [1.54, 1.807) is 11.3 Å². The second-order valence-electron chi connectivity index (χ2n) is 5.18. The Morgan fingerprint density at radius 2 is 2.05 bits per heavy atom. The number of hydrazine groups is 1. The van der Waals surface area contributed by atoms with Gasteiger partial charge in [-0.2, -0.15) is 0 Å². The maximum atomic E-state index is 5.71. The van der Waals surface area contributed by atoms with E-state index in [9.17, 15) is 0 Å². The van der Waals surface area contributed by atoms with Gasteiger partial charge in [0, 0.05) is 11.1 Å². The molecule has 0 saturated heterocycles. The van der Waals surface area contributed by atoms with Gasteiger partial charge in [0.05, 0.1) is 11.0 Å². The molecule has 1 heterocycles.